The molecule has 0 fully saturated rings. The van der Waals surface area contributed by atoms with Crippen LogP contribution in [0.2, 0.25) is 0 Å². The molecule has 0 aliphatic carbocycles. The summed E-state index contributed by atoms with van der Waals surface area (Å²) in [5, 5.41) is 0. The van der Waals surface area contributed by atoms with Crippen molar-refractivity contribution < 1.29 is 4.74 Å². The summed E-state index contributed by atoms with van der Waals surface area (Å²) in [7, 11) is 0. The molecule has 2 nitrogen and oxygen atoms in total. The zero-order valence-electron chi connectivity index (χ0n) is 10.5. The van der Waals surface area contributed by atoms with Crippen molar-refractivity contribution in [2.45, 2.75) is 33.2 Å². The highest BCUT2D eigenvalue weighted by atomic mass is 16.5. The van der Waals surface area contributed by atoms with E-state index >= 15 is 0 Å². The van der Waals surface area contributed by atoms with E-state index in [-0.39, 0.29) is 6.04 Å². The van der Waals surface area contributed by atoms with Gasteiger partial charge in [0.2, 0.25) is 0 Å². The minimum absolute atomic E-state index is 0.236. The average molecular weight is 221 g/mol. The van der Waals surface area contributed by atoms with Crippen LogP contribution in [0.5, 0.6) is 5.75 Å². The number of benzene rings is 1. The first-order chi connectivity index (χ1) is 7.61. The Bertz CT molecular complexity index is 274. The Morgan fingerprint density at radius 1 is 1.12 bits per heavy atom. The molecule has 1 aromatic carbocycles. The first-order valence-corrected chi connectivity index (χ1v) is 6.04. The van der Waals surface area contributed by atoms with Crippen LogP contribution >= 0.6 is 0 Å². The van der Waals surface area contributed by atoms with Crippen molar-refractivity contribution in [3.8, 4) is 5.75 Å². The van der Waals surface area contributed by atoms with E-state index in [1.807, 2.05) is 30.3 Å². The Morgan fingerprint density at radius 3 is 2.25 bits per heavy atom. The zero-order chi connectivity index (χ0) is 12.0. The van der Waals surface area contributed by atoms with Crippen LogP contribution in [0, 0.1) is 11.8 Å². The SMILES string of the molecule is CC(C)C(CCOc1ccccc1)C(C)N. The molecule has 1 aromatic rings. The van der Waals surface area contributed by atoms with Crippen molar-refractivity contribution in [2.75, 3.05) is 6.61 Å². The van der Waals surface area contributed by atoms with Gasteiger partial charge in [-0.1, -0.05) is 32.0 Å². The molecule has 16 heavy (non-hydrogen) atoms. The fourth-order valence-corrected chi connectivity index (χ4v) is 2.03. The maximum Gasteiger partial charge on any atom is 0.119 e. The van der Waals surface area contributed by atoms with Crippen LogP contribution in [-0.2, 0) is 0 Å². The second-order valence-corrected chi connectivity index (χ2v) is 4.72. The second-order valence-electron chi connectivity index (χ2n) is 4.72. The maximum absolute atomic E-state index is 5.96. The van der Waals surface area contributed by atoms with Gasteiger partial charge < -0.3 is 10.5 Å². The van der Waals surface area contributed by atoms with E-state index in [1.165, 1.54) is 0 Å². The highest BCUT2D eigenvalue weighted by Crippen LogP contribution is 2.19. The highest BCUT2D eigenvalue weighted by molar-refractivity contribution is 5.20. The molecule has 0 saturated heterocycles. The molecule has 0 saturated carbocycles. The molecule has 0 aliphatic rings. The fraction of sp³-hybridized carbons (Fsp3) is 0.571. The van der Waals surface area contributed by atoms with Gasteiger partial charge in [-0.25, -0.2) is 0 Å². The van der Waals surface area contributed by atoms with Gasteiger partial charge in [-0.15, -0.1) is 0 Å². The molecule has 1 rings (SSSR count). The molecule has 2 N–H and O–H groups in total. The summed E-state index contributed by atoms with van der Waals surface area (Å²) < 4.78 is 5.68. The fourth-order valence-electron chi connectivity index (χ4n) is 2.03. The third-order valence-corrected chi connectivity index (χ3v) is 2.99. The smallest absolute Gasteiger partial charge is 0.119 e. The molecule has 90 valence electrons. The normalized spacial score (nSPS) is 14.8. The monoisotopic (exact) mass is 221 g/mol. The van der Waals surface area contributed by atoms with Gasteiger partial charge in [-0.2, -0.15) is 0 Å². The van der Waals surface area contributed by atoms with Crippen molar-refractivity contribution in [2.24, 2.45) is 17.6 Å². The van der Waals surface area contributed by atoms with E-state index in [0.29, 0.717) is 11.8 Å². The third kappa shape index (κ3) is 4.23. The summed E-state index contributed by atoms with van der Waals surface area (Å²) >= 11 is 0. The highest BCUT2D eigenvalue weighted by Gasteiger charge is 2.17. The van der Waals surface area contributed by atoms with E-state index < -0.39 is 0 Å². The van der Waals surface area contributed by atoms with Gasteiger partial charge in [-0.3, -0.25) is 0 Å². The van der Waals surface area contributed by atoms with Crippen molar-refractivity contribution in [3.63, 3.8) is 0 Å². The lowest BCUT2D eigenvalue weighted by Crippen LogP contribution is -2.31. The summed E-state index contributed by atoms with van der Waals surface area (Å²) in [6.07, 6.45) is 1.02. The van der Waals surface area contributed by atoms with Crippen LogP contribution in [0.1, 0.15) is 27.2 Å². The molecule has 2 heteroatoms. The Labute approximate surface area is 98.8 Å². The molecule has 0 amide bonds. The molecule has 2 atom stereocenters. The first kappa shape index (κ1) is 13.0. The summed E-state index contributed by atoms with van der Waals surface area (Å²) in [6.45, 7) is 7.26. The van der Waals surface area contributed by atoms with Gasteiger partial charge in [0.15, 0.2) is 0 Å². The molecule has 2 unspecified atom stereocenters. The van der Waals surface area contributed by atoms with Crippen molar-refractivity contribution in [1.29, 1.82) is 0 Å². The lowest BCUT2D eigenvalue weighted by molar-refractivity contribution is 0.229. The summed E-state index contributed by atoms with van der Waals surface area (Å²) in [5.41, 5.74) is 5.96. The van der Waals surface area contributed by atoms with E-state index in [1.54, 1.807) is 0 Å². The van der Waals surface area contributed by atoms with E-state index in [4.69, 9.17) is 10.5 Å². The third-order valence-electron chi connectivity index (χ3n) is 2.99. The minimum atomic E-state index is 0.236. The van der Waals surface area contributed by atoms with Gasteiger partial charge in [0.05, 0.1) is 6.61 Å². The van der Waals surface area contributed by atoms with Crippen LogP contribution in [0.25, 0.3) is 0 Å². The van der Waals surface area contributed by atoms with Crippen molar-refractivity contribution >= 4 is 0 Å². The van der Waals surface area contributed by atoms with Crippen LogP contribution in [0.3, 0.4) is 0 Å². The van der Waals surface area contributed by atoms with E-state index in [0.717, 1.165) is 18.8 Å². The van der Waals surface area contributed by atoms with Crippen LogP contribution in [-0.4, -0.2) is 12.6 Å². The molecular weight excluding hydrogens is 198 g/mol. The van der Waals surface area contributed by atoms with Crippen LogP contribution in [0.15, 0.2) is 30.3 Å². The largest absolute Gasteiger partial charge is 0.494 e. The average Bonchev–Trinajstić information content (AvgIpc) is 2.24. The predicted octanol–water partition coefficient (Wildman–Crippen LogP) is 3.07. The molecule has 0 aliphatic heterocycles. The van der Waals surface area contributed by atoms with Gasteiger partial charge in [-0.05, 0) is 37.3 Å². The predicted molar refractivity (Wildman–Crippen MR) is 68.5 cm³/mol. The molecule has 0 radical (unpaired) electrons. The van der Waals surface area contributed by atoms with Gasteiger partial charge >= 0.3 is 0 Å². The van der Waals surface area contributed by atoms with Gasteiger partial charge in [0.1, 0.15) is 5.75 Å². The molecule has 0 spiro atoms. The van der Waals surface area contributed by atoms with Gasteiger partial charge in [0.25, 0.3) is 0 Å². The Kier molecular flexibility index (Phi) is 5.33. The number of rotatable bonds is 6. The second kappa shape index (κ2) is 6.54. The Balaban J connectivity index is 2.34. The van der Waals surface area contributed by atoms with Crippen molar-refractivity contribution in [3.05, 3.63) is 30.3 Å². The Hall–Kier alpha value is -1.02. The summed E-state index contributed by atoms with van der Waals surface area (Å²) in [6, 6.07) is 10.2. The molecule has 0 aromatic heterocycles. The standard InChI is InChI=1S/C14H23NO/c1-11(2)14(12(3)15)9-10-16-13-7-5-4-6-8-13/h4-8,11-12,14H,9-10,15H2,1-3H3. The van der Waals surface area contributed by atoms with Crippen LogP contribution in [0.4, 0.5) is 0 Å². The minimum Gasteiger partial charge on any atom is -0.494 e. The number of para-hydroxylation sites is 1. The number of nitrogens with two attached hydrogens (primary N) is 1. The van der Waals surface area contributed by atoms with E-state index in [2.05, 4.69) is 20.8 Å². The number of ether oxygens (including phenoxy) is 1. The van der Waals surface area contributed by atoms with Gasteiger partial charge in [0, 0.05) is 6.04 Å². The molecule has 0 heterocycles. The summed E-state index contributed by atoms with van der Waals surface area (Å²) in [5.74, 6) is 2.08. The molecule has 0 bridgehead atoms. The summed E-state index contributed by atoms with van der Waals surface area (Å²) in [4.78, 5) is 0. The number of hydrogen-bond donors (Lipinski definition) is 1. The maximum atomic E-state index is 5.96. The van der Waals surface area contributed by atoms with E-state index in [9.17, 15) is 0 Å². The first-order valence-electron chi connectivity index (χ1n) is 6.04. The van der Waals surface area contributed by atoms with Crippen molar-refractivity contribution in [1.82, 2.24) is 0 Å². The topological polar surface area (TPSA) is 35.2 Å². The quantitative estimate of drug-likeness (QED) is 0.801. The number of hydrogen-bond acceptors (Lipinski definition) is 2. The van der Waals surface area contributed by atoms with Crippen LogP contribution < -0.4 is 10.5 Å². The lowest BCUT2D eigenvalue weighted by atomic mass is 9.87. The Morgan fingerprint density at radius 2 is 1.75 bits per heavy atom. The zero-order valence-corrected chi connectivity index (χ0v) is 10.5. The lowest BCUT2D eigenvalue weighted by Gasteiger charge is -2.24. The molecular formula is C14H23NO.